The van der Waals surface area contributed by atoms with Gasteiger partial charge in [0.15, 0.2) is 5.82 Å². The van der Waals surface area contributed by atoms with Crippen LogP contribution in [0.5, 0.6) is 0 Å². The molecule has 0 aliphatic carbocycles. The number of hydrogen-bond donors (Lipinski definition) is 1. The van der Waals surface area contributed by atoms with E-state index in [1.165, 1.54) is 6.26 Å². The van der Waals surface area contributed by atoms with Gasteiger partial charge in [0.25, 0.3) is 0 Å². The second-order valence-electron chi connectivity index (χ2n) is 8.42. The Morgan fingerprint density at radius 3 is 2.77 bits per heavy atom. The molecule has 1 N–H and O–H groups in total. The summed E-state index contributed by atoms with van der Waals surface area (Å²) in [6, 6.07) is 1.57. The zero-order chi connectivity index (χ0) is 19.2. The molecule has 2 unspecified atom stereocenters. The minimum Gasteiger partial charge on any atom is -0.376 e. The van der Waals surface area contributed by atoms with Gasteiger partial charge in [0, 0.05) is 25.6 Å². The van der Waals surface area contributed by atoms with Crippen LogP contribution in [0.3, 0.4) is 0 Å². The third-order valence-corrected chi connectivity index (χ3v) is 4.32. The van der Waals surface area contributed by atoms with Crippen molar-refractivity contribution in [1.29, 1.82) is 0 Å². The first kappa shape index (κ1) is 20.4. The Labute approximate surface area is 155 Å². The maximum Gasteiger partial charge on any atom is 0.245 e. The van der Waals surface area contributed by atoms with Gasteiger partial charge in [-0.1, -0.05) is 32.9 Å². The molecule has 1 aromatic heterocycles. The van der Waals surface area contributed by atoms with Gasteiger partial charge in [0.1, 0.15) is 6.26 Å². The van der Waals surface area contributed by atoms with Crippen LogP contribution < -0.4 is 5.32 Å². The molecule has 26 heavy (non-hydrogen) atoms. The van der Waals surface area contributed by atoms with E-state index < -0.39 is 0 Å². The van der Waals surface area contributed by atoms with Crippen molar-refractivity contribution in [3.05, 3.63) is 12.3 Å². The number of aromatic nitrogens is 1. The molecule has 2 rings (SSSR count). The number of rotatable bonds is 8. The fourth-order valence-electron chi connectivity index (χ4n) is 3.47. The smallest absolute Gasteiger partial charge is 0.245 e. The Hall–Kier alpha value is -1.89. The Kier molecular flexibility index (Phi) is 7.20. The molecule has 2 heterocycles. The van der Waals surface area contributed by atoms with Crippen molar-refractivity contribution < 1.29 is 18.8 Å². The van der Waals surface area contributed by atoms with Gasteiger partial charge in [-0.15, -0.1) is 0 Å². The number of nitrogens with one attached hydrogen (secondary N) is 1. The SMILES string of the molecule is CC(CC(=O)N(CC(=O)Nc1ccon1)CC1CCCO1)CC(C)(C)C. The maximum atomic E-state index is 12.8. The monoisotopic (exact) mass is 365 g/mol. The average Bonchev–Trinajstić information content (AvgIpc) is 3.17. The number of amides is 2. The lowest BCUT2D eigenvalue weighted by molar-refractivity contribution is -0.137. The zero-order valence-electron chi connectivity index (χ0n) is 16.3. The summed E-state index contributed by atoms with van der Waals surface area (Å²) < 4.78 is 10.4. The fourth-order valence-corrected chi connectivity index (χ4v) is 3.47. The molecule has 7 nitrogen and oxygen atoms in total. The van der Waals surface area contributed by atoms with Gasteiger partial charge >= 0.3 is 0 Å². The van der Waals surface area contributed by atoms with Crippen molar-refractivity contribution in [1.82, 2.24) is 10.1 Å². The Morgan fingerprint density at radius 1 is 1.42 bits per heavy atom. The van der Waals surface area contributed by atoms with Gasteiger partial charge in [-0.05, 0) is 30.6 Å². The standard InChI is InChI=1S/C19H31N3O4/c1-14(11-19(2,3)4)10-18(24)22(12-15-6-5-8-25-15)13-17(23)20-16-7-9-26-21-16/h7,9,14-15H,5-6,8,10-13H2,1-4H3,(H,20,21,23). The number of carbonyl (C=O) groups is 2. The molecule has 1 aromatic rings. The second kappa shape index (κ2) is 9.16. The predicted molar refractivity (Wildman–Crippen MR) is 98.5 cm³/mol. The van der Waals surface area contributed by atoms with E-state index >= 15 is 0 Å². The van der Waals surface area contributed by atoms with Crippen molar-refractivity contribution in [3.63, 3.8) is 0 Å². The summed E-state index contributed by atoms with van der Waals surface area (Å²) in [5, 5.41) is 6.31. The van der Waals surface area contributed by atoms with Crippen LogP contribution in [0, 0.1) is 11.3 Å². The molecule has 0 spiro atoms. The second-order valence-corrected chi connectivity index (χ2v) is 8.42. The summed E-state index contributed by atoms with van der Waals surface area (Å²) in [6.07, 6.45) is 4.71. The zero-order valence-corrected chi connectivity index (χ0v) is 16.3. The van der Waals surface area contributed by atoms with Gasteiger partial charge in [-0.2, -0.15) is 0 Å². The van der Waals surface area contributed by atoms with Crippen LogP contribution in [-0.2, 0) is 14.3 Å². The molecule has 7 heteroatoms. The quantitative estimate of drug-likeness (QED) is 0.765. The van der Waals surface area contributed by atoms with Crippen LogP contribution >= 0.6 is 0 Å². The Balaban J connectivity index is 1.94. The number of carbonyl (C=O) groups excluding carboxylic acids is 2. The highest BCUT2D eigenvalue weighted by molar-refractivity contribution is 5.93. The molecule has 2 atom stereocenters. The maximum absolute atomic E-state index is 12.8. The van der Waals surface area contributed by atoms with Crippen molar-refractivity contribution in [2.24, 2.45) is 11.3 Å². The van der Waals surface area contributed by atoms with E-state index in [0.29, 0.717) is 18.8 Å². The predicted octanol–water partition coefficient (Wildman–Crippen LogP) is 3.08. The van der Waals surface area contributed by atoms with Gasteiger partial charge in [0.05, 0.1) is 12.6 Å². The molecule has 2 amide bonds. The number of ether oxygens (including phenoxy) is 1. The normalized spacial score (nSPS) is 18.5. The molecule has 1 aliphatic rings. The van der Waals surface area contributed by atoms with Gasteiger partial charge in [-0.3, -0.25) is 9.59 Å². The summed E-state index contributed by atoms with van der Waals surface area (Å²) in [5.41, 5.74) is 0.170. The number of nitrogens with zero attached hydrogens (tertiary/aromatic N) is 2. The molecular weight excluding hydrogens is 334 g/mol. The first-order valence-corrected chi connectivity index (χ1v) is 9.32. The van der Waals surface area contributed by atoms with Crippen molar-refractivity contribution in [3.8, 4) is 0 Å². The minimum absolute atomic E-state index is 0.00616. The topological polar surface area (TPSA) is 84.7 Å². The number of hydrogen-bond acceptors (Lipinski definition) is 5. The largest absolute Gasteiger partial charge is 0.376 e. The summed E-state index contributed by atoms with van der Waals surface area (Å²) in [4.78, 5) is 26.7. The summed E-state index contributed by atoms with van der Waals surface area (Å²) in [6.45, 7) is 9.76. The number of anilines is 1. The van der Waals surface area contributed by atoms with E-state index in [1.807, 2.05) is 0 Å². The molecule has 1 saturated heterocycles. The average molecular weight is 365 g/mol. The van der Waals surface area contributed by atoms with Crippen molar-refractivity contribution >= 4 is 17.6 Å². The van der Waals surface area contributed by atoms with E-state index in [1.54, 1.807) is 11.0 Å². The van der Waals surface area contributed by atoms with Crippen LogP contribution in [0.4, 0.5) is 5.82 Å². The van der Waals surface area contributed by atoms with E-state index in [2.05, 4.69) is 38.2 Å². The van der Waals surface area contributed by atoms with E-state index in [4.69, 9.17) is 9.26 Å². The summed E-state index contributed by atoms with van der Waals surface area (Å²) >= 11 is 0. The van der Waals surface area contributed by atoms with Crippen LogP contribution in [0.25, 0.3) is 0 Å². The molecule has 0 aromatic carbocycles. The van der Waals surface area contributed by atoms with Crippen molar-refractivity contribution in [2.75, 3.05) is 25.0 Å². The molecule has 0 bridgehead atoms. The van der Waals surface area contributed by atoms with Crippen LogP contribution in [-0.4, -0.2) is 47.7 Å². The van der Waals surface area contributed by atoms with Crippen LogP contribution in [0.2, 0.25) is 0 Å². The Bertz CT molecular complexity index is 574. The molecular formula is C19H31N3O4. The summed E-state index contributed by atoms with van der Waals surface area (Å²) in [5.74, 6) is 0.315. The third-order valence-electron chi connectivity index (χ3n) is 4.32. The Morgan fingerprint density at radius 2 is 2.19 bits per heavy atom. The highest BCUT2D eigenvalue weighted by atomic mass is 16.5. The molecule has 1 fully saturated rings. The van der Waals surface area contributed by atoms with E-state index in [9.17, 15) is 9.59 Å². The van der Waals surface area contributed by atoms with Gasteiger partial charge in [0.2, 0.25) is 11.8 Å². The first-order valence-electron chi connectivity index (χ1n) is 9.32. The van der Waals surface area contributed by atoms with Crippen molar-refractivity contribution in [2.45, 2.75) is 59.5 Å². The van der Waals surface area contributed by atoms with Gasteiger partial charge in [-0.25, -0.2) is 0 Å². The first-order chi connectivity index (χ1) is 12.2. The highest BCUT2D eigenvalue weighted by Gasteiger charge is 2.26. The molecule has 0 saturated carbocycles. The van der Waals surface area contributed by atoms with E-state index in [-0.39, 0.29) is 35.8 Å². The molecule has 146 valence electrons. The lowest BCUT2D eigenvalue weighted by atomic mass is 9.84. The van der Waals surface area contributed by atoms with Crippen LogP contribution in [0.1, 0.15) is 53.4 Å². The third kappa shape index (κ3) is 7.15. The highest BCUT2D eigenvalue weighted by Crippen LogP contribution is 2.26. The fraction of sp³-hybridized carbons (Fsp3) is 0.737. The lowest BCUT2D eigenvalue weighted by Gasteiger charge is -2.28. The molecule has 1 aliphatic heterocycles. The minimum atomic E-state index is -0.284. The lowest BCUT2D eigenvalue weighted by Crippen LogP contribution is -2.43. The summed E-state index contributed by atoms with van der Waals surface area (Å²) in [7, 11) is 0. The van der Waals surface area contributed by atoms with Gasteiger partial charge < -0.3 is 19.5 Å². The molecule has 0 radical (unpaired) electrons. The van der Waals surface area contributed by atoms with Crippen LogP contribution in [0.15, 0.2) is 16.9 Å². The van der Waals surface area contributed by atoms with E-state index in [0.717, 1.165) is 25.9 Å².